The third-order valence-electron chi connectivity index (χ3n) is 4.62. The molecule has 7 atom stereocenters. The third kappa shape index (κ3) is 5.36. The minimum absolute atomic E-state index is 0.0732. The van der Waals surface area contributed by atoms with Crippen molar-refractivity contribution in [2.75, 3.05) is 12.3 Å². The van der Waals surface area contributed by atoms with E-state index in [4.69, 9.17) is 15.6 Å². The summed E-state index contributed by atoms with van der Waals surface area (Å²) in [6, 6.07) is -1.81. The van der Waals surface area contributed by atoms with Crippen molar-refractivity contribution in [1.82, 2.24) is 24.8 Å². The van der Waals surface area contributed by atoms with E-state index in [0.29, 0.717) is 0 Å². The minimum Gasteiger partial charge on any atom is -0.480 e. The maximum absolute atomic E-state index is 12.0. The molecule has 1 amide bonds. The van der Waals surface area contributed by atoms with E-state index in [0.717, 1.165) is 13.3 Å². The van der Waals surface area contributed by atoms with Crippen molar-refractivity contribution in [2.45, 2.75) is 43.6 Å². The van der Waals surface area contributed by atoms with Gasteiger partial charge in [0, 0.05) is 0 Å². The number of phosphoric acid groups is 1. The van der Waals surface area contributed by atoms with Gasteiger partial charge in [-0.15, -0.1) is 0 Å². The number of carbonyl (C=O) groups is 2. The summed E-state index contributed by atoms with van der Waals surface area (Å²) in [6.07, 6.45) is -6.48. The van der Waals surface area contributed by atoms with Crippen molar-refractivity contribution in [1.29, 1.82) is 0 Å². The van der Waals surface area contributed by atoms with Crippen LogP contribution >= 0.6 is 7.82 Å². The van der Waals surface area contributed by atoms with Crippen molar-refractivity contribution < 1.29 is 53.3 Å². The monoisotopic (exact) mass is 492 g/mol. The number of nitrogen functional groups attached to an aromatic ring is 1. The maximum Gasteiger partial charge on any atom is 0.530 e. The van der Waals surface area contributed by atoms with Gasteiger partial charge in [-0.05, 0) is 6.92 Å². The number of nitrogens with zero attached hydrogens (tertiary/aromatic N) is 4. The third-order valence-corrected chi connectivity index (χ3v) is 5.49. The zero-order chi connectivity index (χ0) is 24.5. The lowest BCUT2D eigenvalue weighted by atomic mass is 10.1. The lowest BCUT2D eigenvalue weighted by Crippen LogP contribution is -2.47. The fourth-order valence-electron chi connectivity index (χ4n) is 2.99. The Morgan fingerprint density at radius 2 is 2.03 bits per heavy atom. The van der Waals surface area contributed by atoms with Gasteiger partial charge in [0.1, 0.15) is 30.2 Å². The van der Waals surface area contributed by atoms with Crippen LogP contribution in [0.2, 0.25) is 0 Å². The molecule has 18 heteroatoms. The van der Waals surface area contributed by atoms with Crippen LogP contribution in [0.3, 0.4) is 0 Å². The molecule has 0 aliphatic carbocycles. The first-order valence-corrected chi connectivity index (χ1v) is 10.7. The minimum atomic E-state index is -5.11. The molecular weight excluding hydrogens is 471 g/mol. The first-order chi connectivity index (χ1) is 15.4. The topological polar surface area (TPSA) is 262 Å². The molecule has 0 radical (unpaired) electrons. The summed E-state index contributed by atoms with van der Waals surface area (Å²) >= 11 is 0. The average Bonchev–Trinajstić information content (AvgIpc) is 3.26. The quantitative estimate of drug-likeness (QED) is 0.191. The number of amides is 1. The first kappa shape index (κ1) is 24.7. The molecule has 1 aliphatic heterocycles. The van der Waals surface area contributed by atoms with Crippen molar-refractivity contribution in [3.05, 3.63) is 12.7 Å². The molecule has 2 aromatic heterocycles. The number of nitrogens with two attached hydrogens (primary N) is 1. The highest BCUT2D eigenvalue weighted by Gasteiger charge is 2.45. The summed E-state index contributed by atoms with van der Waals surface area (Å²) < 4.78 is 27.6. The molecule has 3 heterocycles. The zero-order valence-electron chi connectivity index (χ0n) is 16.8. The number of carbonyl (C=O) groups excluding carboxylic acids is 1. The number of aliphatic hydroxyl groups is 3. The highest BCUT2D eigenvalue weighted by atomic mass is 31.2. The average molecular weight is 492 g/mol. The van der Waals surface area contributed by atoms with Crippen molar-refractivity contribution in [2.24, 2.45) is 0 Å². The van der Waals surface area contributed by atoms with Gasteiger partial charge in [0.25, 0.3) is 0 Å². The number of rotatable bonds is 8. The van der Waals surface area contributed by atoms with Crippen molar-refractivity contribution in [3.63, 3.8) is 0 Å². The van der Waals surface area contributed by atoms with Gasteiger partial charge in [-0.2, -0.15) is 0 Å². The molecule has 1 unspecified atom stereocenters. The standard InChI is InChI=1S/C15H21N6O11P/c1-5(22)7(14(25)26)20-15(27)32-33(28,29)30-2-6-9(23)10(24)13(31-6)21-4-19-8-11(16)17-3-18-12(8)21/h3-7,9-10,13,22-24H,2H2,1H3,(H,20,27)(H,25,26)(H,28,29)(H2,16,17,18)/t5-,6-,7+,9-,10-,13-/m1/s1. The van der Waals surface area contributed by atoms with E-state index in [1.165, 1.54) is 10.9 Å². The van der Waals surface area contributed by atoms with Gasteiger partial charge in [-0.1, -0.05) is 0 Å². The second-order valence-corrected chi connectivity index (χ2v) is 8.35. The molecule has 0 spiro atoms. The maximum atomic E-state index is 12.0. The number of imidazole rings is 1. The van der Waals surface area contributed by atoms with E-state index in [1.54, 1.807) is 5.32 Å². The van der Waals surface area contributed by atoms with Crippen LogP contribution in [-0.2, 0) is 23.1 Å². The van der Waals surface area contributed by atoms with Crippen molar-refractivity contribution >= 4 is 36.9 Å². The van der Waals surface area contributed by atoms with Crippen LogP contribution in [0.1, 0.15) is 13.2 Å². The molecule has 3 rings (SSSR count). The summed E-state index contributed by atoms with van der Waals surface area (Å²) in [5, 5.41) is 40.5. The predicted octanol–water partition coefficient (Wildman–Crippen LogP) is -2.30. The number of anilines is 1. The largest absolute Gasteiger partial charge is 0.530 e. The fourth-order valence-corrected chi connectivity index (χ4v) is 3.64. The van der Waals surface area contributed by atoms with Crippen molar-refractivity contribution in [3.8, 4) is 0 Å². The second kappa shape index (κ2) is 9.52. The molecule has 0 bridgehead atoms. The zero-order valence-corrected chi connectivity index (χ0v) is 17.7. The Balaban J connectivity index is 1.63. The second-order valence-electron chi connectivity index (χ2n) is 6.97. The normalized spacial score (nSPS) is 26.5. The number of aliphatic carboxylic acids is 1. The van der Waals surface area contributed by atoms with E-state index in [1.807, 2.05) is 0 Å². The number of aliphatic hydroxyl groups excluding tert-OH is 3. The SMILES string of the molecule is C[C@@H](O)[C@H](NC(=O)OP(=O)(O)OC[C@H]1O[C@@H](n2cnc3c(N)ncnc32)[C@H](O)[C@@H]1O)C(=O)O. The Kier molecular flexibility index (Phi) is 7.13. The van der Waals surface area contributed by atoms with Gasteiger partial charge in [0.05, 0.1) is 19.0 Å². The van der Waals surface area contributed by atoms with Crippen LogP contribution in [0.5, 0.6) is 0 Å². The van der Waals surface area contributed by atoms with Crippen LogP contribution < -0.4 is 11.1 Å². The molecule has 1 saturated heterocycles. The highest BCUT2D eigenvalue weighted by Crippen LogP contribution is 2.44. The van der Waals surface area contributed by atoms with Crippen LogP contribution in [0.4, 0.5) is 10.6 Å². The van der Waals surface area contributed by atoms with Crippen LogP contribution in [0.25, 0.3) is 11.2 Å². The van der Waals surface area contributed by atoms with E-state index >= 15 is 0 Å². The fraction of sp³-hybridized carbons (Fsp3) is 0.533. The number of ether oxygens (including phenoxy) is 1. The smallest absolute Gasteiger partial charge is 0.480 e. The summed E-state index contributed by atoms with van der Waals surface area (Å²) in [4.78, 5) is 44.1. The lowest BCUT2D eigenvalue weighted by Gasteiger charge is -2.19. The van der Waals surface area contributed by atoms with Crippen LogP contribution in [0.15, 0.2) is 12.7 Å². The first-order valence-electron chi connectivity index (χ1n) is 9.24. The Labute approximate surface area is 184 Å². The molecule has 182 valence electrons. The number of fused-ring (bicyclic) bond motifs is 1. The number of nitrogens with one attached hydrogen (secondary N) is 1. The Morgan fingerprint density at radius 3 is 2.67 bits per heavy atom. The van der Waals surface area contributed by atoms with Crippen LogP contribution in [0, 0.1) is 0 Å². The molecule has 33 heavy (non-hydrogen) atoms. The molecule has 2 aromatic rings. The molecule has 0 saturated carbocycles. The predicted molar refractivity (Wildman–Crippen MR) is 104 cm³/mol. The Morgan fingerprint density at radius 1 is 1.33 bits per heavy atom. The Bertz CT molecular complexity index is 1080. The number of aromatic nitrogens is 4. The lowest BCUT2D eigenvalue weighted by molar-refractivity contribution is -0.141. The van der Waals surface area contributed by atoms with Gasteiger partial charge in [-0.25, -0.2) is 29.1 Å². The molecule has 17 nitrogen and oxygen atoms in total. The number of phosphoric ester groups is 1. The summed E-state index contributed by atoms with van der Waals surface area (Å²) in [5.41, 5.74) is 6.12. The number of carboxylic acid groups (broad SMARTS) is 1. The number of hydrogen-bond donors (Lipinski definition) is 7. The molecular formula is C15H21N6O11P. The van der Waals surface area contributed by atoms with Gasteiger partial charge in [-0.3, -0.25) is 14.0 Å². The number of hydrogen-bond acceptors (Lipinski definition) is 13. The molecule has 0 aromatic carbocycles. The van der Waals surface area contributed by atoms with Gasteiger partial charge in [0.2, 0.25) is 0 Å². The summed E-state index contributed by atoms with van der Waals surface area (Å²) in [7, 11) is -5.11. The molecule has 8 N–H and O–H groups in total. The van der Waals surface area contributed by atoms with E-state index in [-0.39, 0.29) is 17.0 Å². The van der Waals surface area contributed by atoms with Gasteiger partial charge >= 0.3 is 19.9 Å². The van der Waals surface area contributed by atoms with E-state index in [9.17, 15) is 34.4 Å². The highest BCUT2D eigenvalue weighted by molar-refractivity contribution is 7.48. The number of carboxylic acids is 1. The molecule has 1 fully saturated rings. The Hall–Kier alpha value is -2.92. The van der Waals surface area contributed by atoms with Crippen LogP contribution in [-0.4, -0.2) is 94.0 Å². The molecule has 1 aliphatic rings. The van der Waals surface area contributed by atoms with Gasteiger partial charge < -0.3 is 40.7 Å². The summed E-state index contributed by atoms with van der Waals surface area (Å²) in [6.45, 7) is 0.261. The van der Waals surface area contributed by atoms with Gasteiger partial charge in [0.15, 0.2) is 23.7 Å². The van der Waals surface area contributed by atoms with E-state index in [2.05, 4.69) is 24.0 Å². The summed E-state index contributed by atoms with van der Waals surface area (Å²) in [5.74, 6) is -1.54. The van der Waals surface area contributed by atoms with E-state index < -0.39 is 63.2 Å².